The van der Waals surface area contributed by atoms with Gasteiger partial charge in [-0.2, -0.15) is 13.2 Å². The van der Waals surface area contributed by atoms with Crippen molar-refractivity contribution in [1.29, 1.82) is 0 Å². The van der Waals surface area contributed by atoms with Gasteiger partial charge in [-0.3, -0.25) is 5.11 Å². The quantitative estimate of drug-likeness (QED) is 0.660. The second kappa shape index (κ2) is 2.97. The molecule has 0 N–H and O–H groups in total. The molecule has 0 aliphatic heterocycles. The molecule has 65 valence electrons. The van der Waals surface area contributed by atoms with Gasteiger partial charge in [0.1, 0.15) is 0 Å². The SMILES string of the molecule is [O]c1cc(Br)cc(C(F)(F)F)c1. The smallest absolute Gasteiger partial charge is 0.290 e. The summed E-state index contributed by atoms with van der Waals surface area (Å²) in [4.78, 5) is 0. The van der Waals surface area contributed by atoms with Gasteiger partial charge in [0.25, 0.3) is 0 Å². The highest BCUT2D eigenvalue weighted by atomic mass is 79.9. The summed E-state index contributed by atoms with van der Waals surface area (Å²) in [6.45, 7) is 0. The first-order chi connectivity index (χ1) is 5.39. The third-order valence-corrected chi connectivity index (χ3v) is 1.66. The van der Waals surface area contributed by atoms with E-state index in [9.17, 15) is 18.3 Å². The van der Waals surface area contributed by atoms with E-state index in [0.717, 1.165) is 12.1 Å². The second-order valence-electron chi connectivity index (χ2n) is 2.17. The molecule has 0 atom stereocenters. The van der Waals surface area contributed by atoms with E-state index in [1.54, 1.807) is 0 Å². The maximum absolute atomic E-state index is 12.0. The van der Waals surface area contributed by atoms with Gasteiger partial charge >= 0.3 is 6.18 Å². The predicted octanol–water partition coefficient (Wildman–Crippen LogP) is 3.61. The summed E-state index contributed by atoms with van der Waals surface area (Å²) in [6.07, 6.45) is -4.46. The standard InChI is InChI=1S/C7H3BrF3O/c8-5-1-4(7(9,10)11)2-6(12)3-5/h1-3H. The molecule has 12 heavy (non-hydrogen) atoms. The van der Waals surface area contributed by atoms with Crippen molar-refractivity contribution < 1.29 is 18.3 Å². The maximum Gasteiger partial charge on any atom is 0.416 e. The minimum Gasteiger partial charge on any atom is -0.290 e. The monoisotopic (exact) mass is 239 g/mol. The van der Waals surface area contributed by atoms with Gasteiger partial charge in [0.05, 0.1) is 5.56 Å². The Kier molecular flexibility index (Phi) is 2.32. The van der Waals surface area contributed by atoms with Crippen molar-refractivity contribution >= 4 is 15.9 Å². The molecule has 0 aliphatic rings. The lowest BCUT2D eigenvalue weighted by Crippen LogP contribution is -2.04. The predicted molar refractivity (Wildman–Crippen MR) is 39.3 cm³/mol. The van der Waals surface area contributed by atoms with Crippen molar-refractivity contribution in [2.45, 2.75) is 6.18 Å². The molecule has 1 aromatic carbocycles. The Morgan fingerprint density at radius 3 is 2.17 bits per heavy atom. The van der Waals surface area contributed by atoms with E-state index < -0.39 is 17.5 Å². The van der Waals surface area contributed by atoms with Gasteiger partial charge in [-0.25, -0.2) is 0 Å². The minimum atomic E-state index is -4.46. The van der Waals surface area contributed by atoms with E-state index in [0.29, 0.717) is 6.07 Å². The summed E-state index contributed by atoms with van der Waals surface area (Å²) < 4.78 is 36.1. The van der Waals surface area contributed by atoms with Crippen molar-refractivity contribution in [3.8, 4) is 5.75 Å². The van der Waals surface area contributed by atoms with Crippen LogP contribution in [0.1, 0.15) is 5.56 Å². The first kappa shape index (κ1) is 9.38. The Balaban J connectivity index is 3.18. The molecular formula is C7H3BrF3O. The van der Waals surface area contributed by atoms with E-state index in [1.807, 2.05) is 0 Å². The Morgan fingerprint density at radius 2 is 1.75 bits per heavy atom. The van der Waals surface area contributed by atoms with E-state index in [1.165, 1.54) is 0 Å². The van der Waals surface area contributed by atoms with Gasteiger partial charge in [0, 0.05) is 4.47 Å². The number of rotatable bonds is 0. The van der Waals surface area contributed by atoms with Crippen LogP contribution in [-0.2, 0) is 11.3 Å². The first-order valence-corrected chi connectivity index (χ1v) is 3.74. The summed E-state index contributed by atoms with van der Waals surface area (Å²) in [5.74, 6) is -0.656. The molecule has 1 aromatic rings. The van der Waals surface area contributed by atoms with Crippen LogP contribution in [0.5, 0.6) is 5.75 Å². The van der Waals surface area contributed by atoms with Crippen molar-refractivity contribution in [2.24, 2.45) is 0 Å². The normalized spacial score (nSPS) is 11.7. The molecule has 1 radical (unpaired) electrons. The lowest BCUT2D eigenvalue weighted by atomic mass is 10.2. The number of hydrogen-bond acceptors (Lipinski definition) is 0. The number of alkyl halides is 3. The van der Waals surface area contributed by atoms with Crippen LogP contribution in [0, 0.1) is 0 Å². The van der Waals surface area contributed by atoms with Gasteiger partial charge < -0.3 is 0 Å². The zero-order valence-electron chi connectivity index (χ0n) is 5.65. The van der Waals surface area contributed by atoms with Gasteiger partial charge in [0.2, 0.25) is 0 Å². The van der Waals surface area contributed by atoms with Crippen LogP contribution in [0.15, 0.2) is 22.7 Å². The fourth-order valence-electron chi connectivity index (χ4n) is 0.726. The van der Waals surface area contributed by atoms with Crippen LogP contribution in [0.4, 0.5) is 13.2 Å². The highest BCUT2D eigenvalue weighted by Gasteiger charge is 2.31. The summed E-state index contributed by atoms with van der Waals surface area (Å²) in [5, 5.41) is 10.6. The van der Waals surface area contributed by atoms with Crippen molar-refractivity contribution in [1.82, 2.24) is 0 Å². The zero-order chi connectivity index (χ0) is 9.35. The van der Waals surface area contributed by atoms with Gasteiger partial charge in [-0.1, -0.05) is 15.9 Å². The van der Waals surface area contributed by atoms with Crippen molar-refractivity contribution in [3.63, 3.8) is 0 Å². The third-order valence-electron chi connectivity index (χ3n) is 1.20. The van der Waals surface area contributed by atoms with E-state index >= 15 is 0 Å². The second-order valence-corrected chi connectivity index (χ2v) is 3.09. The van der Waals surface area contributed by atoms with Crippen LogP contribution in [0.25, 0.3) is 0 Å². The van der Waals surface area contributed by atoms with Crippen LogP contribution in [0.2, 0.25) is 0 Å². The van der Waals surface area contributed by atoms with Crippen LogP contribution < -0.4 is 0 Å². The summed E-state index contributed by atoms with van der Waals surface area (Å²) in [7, 11) is 0. The lowest BCUT2D eigenvalue weighted by Gasteiger charge is -2.05. The van der Waals surface area contributed by atoms with Crippen LogP contribution in [0.3, 0.4) is 0 Å². The topological polar surface area (TPSA) is 19.9 Å². The molecule has 0 saturated heterocycles. The molecule has 0 fully saturated rings. The Hall–Kier alpha value is -0.710. The van der Waals surface area contributed by atoms with Gasteiger partial charge in [-0.15, -0.1) is 0 Å². The van der Waals surface area contributed by atoms with E-state index in [-0.39, 0.29) is 4.47 Å². The Bertz CT molecular complexity index is 275. The molecule has 0 bridgehead atoms. The highest BCUT2D eigenvalue weighted by Crippen LogP contribution is 2.33. The average Bonchev–Trinajstić information content (AvgIpc) is 1.82. The molecule has 0 spiro atoms. The van der Waals surface area contributed by atoms with E-state index in [4.69, 9.17) is 0 Å². The van der Waals surface area contributed by atoms with Crippen LogP contribution in [-0.4, -0.2) is 0 Å². The summed E-state index contributed by atoms with van der Waals surface area (Å²) >= 11 is 2.81. The molecular weight excluding hydrogens is 237 g/mol. The largest absolute Gasteiger partial charge is 0.416 e. The Morgan fingerprint density at radius 1 is 1.17 bits per heavy atom. The number of benzene rings is 1. The molecule has 0 aliphatic carbocycles. The van der Waals surface area contributed by atoms with Gasteiger partial charge in [0.15, 0.2) is 5.75 Å². The maximum atomic E-state index is 12.0. The molecule has 0 unspecified atom stereocenters. The zero-order valence-corrected chi connectivity index (χ0v) is 7.24. The molecule has 0 amide bonds. The minimum absolute atomic E-state index is 0.141. The third kappa shape index (κ3) is 2.14. The van der Waals surface area contributed by atoms with Crippen molar-refractivity contribution in [3.05, 3.63) is 28.2 Å². The number of hydrogen-bond donors (Lipinski definition) is 0. The lowest BCUT2D eigenvalue weighted by molar-refractivity contribution is -0.137. The molecule has 1 rings (SSSR count). The van der Waals surface area contributed by atoms with E-state index in [2.05, 4.69) is 15.9 Å². The molecule has 1 nitrogen and oxygen atoms in total. The average molecular weight is 240 g/mol. The fraction of sp³-hybridized carbons (Fsp3) is 0.143. The summed E-state index contributed by atoms with van der Waals surface area (Å²) in [5.41, 5.74) is -0.929. The fourth-order valence-corrected chi connectivity index (χ4v) is 1.20. The number of halogens is 4. The van der Waals surface area contributed by atoms with Crippen molar-refractivity contribution in [2.75, 3.05) is 0 Å². The Labute approximate surface area is 75.0 Å². The molecule has 0 aromatic heterocycles. The van der Waals surface area contributed by atoms with Crippen LogP contribution >= 0.6 is 15.9 Å². The van der Waals surface area contributed by atoms with Gasteiger partial charge in [-0.05, 0) is 18.2 Å². The molecule has 5 heteroatoms. The molecule has 0 saturated carbocycles. The first-order valence-electron chi connectivity index (χ1n) is 2.94. The summed E-state index contributed by atoms with van der Waals surface area (Å²) in [6, 6.07) is 2.50. The highest BCUT2D eigenvalue weighted by molar-refractivity contribution is 9.10. The molecule has 0 heterocycles.